The summed E-state index contributed by atoms with van der Waals surface area (Å²) in [4.78, 5) is 13.9. The van der Waals surface area contributed by atoms with E-state index in [1.807, 2.05) is 11.0 Å². The van der Waals surface area contributed by atoms with Gasteiger partial charge in [0, 0.05) is 12.6 Å². The van der Waals surface area contributed by atoms with Crippen LogP contribution in [0.25, 0.3) is 0 Å². The van der Waals surface area contributed by atoms with Gasteiger partial charge in [0.15, 0.2) is 0 Å². The van der Waals surface area contributed by atoms with Crippen molar-refractivity contribution in [1.82, 2.24) is 4.90 Å². The van der Waals surface area contributed by atoms with E-state index < -0.39 is 0 Å². The number of hydrogen-bond acceptors (Lipinski definition) is 2. The van der Waals surface area contributed by atoms with Gasteiger partial charge in [-0.2, -0.15) is 0 Å². The fourth-order valence-corrected chi connectivity index (χ4v) is 2.29. The normalized spacial score (nSPS) is 45.8. The summed E-state index contributed by atoms with van der Waals surface area (Å²) in [5, 5.41) is 0. The molecule has 2 saturated heterocycles. The third-order valence-corrected chi connectivity index (χ3v) is 3.30. The summed E-state index contributed by atoms with van der Waals surface area (Å²) < 4.78 is 5.46. The molecule has 3 unspecified atom stereocenters. The first-order chi connectivity index (χ1) is 6.21. The minimum absolute atomic E-state index is 0.208. The highest BCUT2D eigenvalue weighted by Crippen LogP contribution is 2.43. The average Bonchev–Trinajstić information content (AvgIpc) is 2.64. The number of rotatable bonds is 1. The molecule has 0 saturated carbocycles. The summed E-state index contributed by atoms with van der Waals surface area (Å²) in [5.74, 6) is 0.274. The lowest BCUT2D eigenvalue weighted by Crippen LogP contribution is -2.34. The van der Waals surface area contributed by atoms with Crippen molar-refractivity contribution in [2.75, 3.05) is 13.2 Å². The van der Waals surface area contributed by atoms with Crippen LogP contribution >= 0.6 is 0 Å². The van der Waals surface area contributed by atoms with Crippen LogP contribution in [0.15, 0.2) is 12.2 Å². The zero-order valence-electron chi connectivity index (χ0n) is 7.69. The largest absolute Gasteiger partial charge is 0.373 e. The van der Waals surface area contributed by atoms with Crippen LogP contribution in [0.3, 0.4) is 0 Å². The Morgan fingerprint density at radius 2 is 2.46 bits per heavy atom. The molecule has 0 aromatic carbocycles. The Balaban J connectivity index is 1.84. The van der Waals surface area contributed by atoms with E-state index >= 15 is 0 Å². The van der Waals surface area contributed by atoms with Gasteiger partial charge in [-0.3, -0.25) is 4.79 Å². The molecule has 3 heteroatoms. The third kappa shape index (κ3) is 0.908. The fraction of sp³-hybridized carbons (Fsp3) is 0.700. The molecule has 0 radical (unpaired) electrons. The number of carbonyl (C=O) groups excluding carboxylic acids is 1. The van der Waals surface area contributed by atoms with Crippen LogP contribution in [-0.4, -0.2) is 36.1 Å². The van der Waals surface area contributed by atoms with Crippen molar-refractivity contribution in [1.29, 1.82) is 0 Å². The summed E-state index contributed by atoms with van der Waals surface area (Å²) in [6.07, 6.45) is 5.15. The lowest BCUT2D eigenvalue weighted by Gasteiger charge is -2.21. The lowest BCUT2D eigenvalue weighted by atomic mass is 9.89. The molecule has 3 aliphatic rings. The predicted octanol–water partition coefficient (Wildman–Crippen LogP) is 0.562. The van der Waals surface area contributed by atoms with Crippen LogP contribution in [0.1, 0.15) is 13.3 Å². The molecule has 2 fully saturated rings. The van der Waals surface area contributed by atoms with E-state index in [4.69, 9.17) is 4.74 Å². The quantitative estimate of drug-likeness (QED) is 0.435. The molecule has 3 rings (SSSR count). The molecule has 2 heterocycles. The zero-order chi connectivity index (χ0) is 9.05. The summed E-state index contributed by atoms with van der Waals surface area (Å²) in [6.45, 7) is 3.61. The SMILES string of the molecule is CC1CN1C(=O)C12C=CC(C1)OC2. The van der Waals surface area contributed by atoms with Gasteiger partial charge < -0.3 is 9.64 Å². The monoisotopic (exact) mass is 179 g/mol. The van der Waals surface area contributed by atoms with Gasteiger partial charge in [0.2, 0.25) is 5.91 Å². The van der Waals surface area contributed by atoms with Crippen LogP contribution in [0.2, 0.25) is 0 Å². The number of carbonyl (C=O) groups is 1. The van der Waals surface area contributed by atoms with Crippen molar-refractivity contribution < 1.29 is 9.53 Å². The van der Waals surface area contributed by atoms with Gasteiger partial charge in [-0.15, -0.1) is 0 Å². The molecule has 0 aromatic rings. The molecule has 0 aromatic heterocycles. The Kier molecular flexibility index (Phi) is 1.25. The first-order valence-electron chi connectivity index (χ1n) is 4.83. The molecule has 3 nitrogen and oxygen atoms in total. The van der Waals surface area contributed by atoms with Crippen molar-refractivity contribution in [2.45, 2.75) is 25.5 Å². The Labute approximate surface area is 77.4 Å². The second-order valence-electron chi connectivity index (χ2n) is 4.38. The van der Waals surface area contributed by atoms with Gasteiger partial charge in [-0.1, -0.05) is 12.2 Å². The van der Waals surface area contributed by atoms with Crippen LogP contribution < -0.4 is 0 Å². The molecule has 0 N–H and O–H groups in total. The molecule has 1 amide bonds. The third-order valence-electron chi connectivity index (χ3n) is 3.30. The molecule has 2 bridgehead atoms. The maximum Gasteiger partial charge on any atom is 0.235 e. The topological polar surface area (TPSA) is 29.3 Å². The molecule has 70 valence electrons. The molecular weight excluding hydrogens is 166 g/mol. The van der Waals surface area contributed by atoms with E-state index in [0.29, 0.717) is 12.6 Å². The smallest absolute Gasteiger partial charge is 0.235 e. The number of hydrogen-bond donors (Lipinski definition) is 0. The molecular formula is C10H13NO2. The van der Waals surface area contributed by atoms with Crippen molar-refractivity contribution in [2.24, 2.45) is 5.41 Å². The average molecular weight is 179 g/mol. The lowest BCUT2D eigenvalue weighted by molar-refractivity contribution is -0.134. The van der Waals surface area contributed by atoms with Crippen molar-refractivity contribution in [3.05, 3.63) is 12.2 Å². The zero-order valence-corrected chi connectivity index (χ0v) is 7.69. The Bertz CT molecular complexity index is 299. The van der Waals surface area contributed by atoms with E-state index in [9.17, 15) is 4.79 Å². The Morgan fingerprint density at radius 1 is 1.69 bits per heavy atom. The Morgan fingerprint density at radius 3 is 2.85 bits per heavy atom. The highest BCUT2D eigenvalue weighted by Gasteiger charge is 2.52. The van der Waals surface area contributed by atoms with E-state index in [-0.39, 0.29) is 17.4 Å². The van der Waals surface area contributed by atoms with Crippen LogP contribution in [-0.2, 0) is 9.53 Å². The number of fused-ring (bicyclic) bond motifs is 2. The molecule has 3 atom stereocenters. The van der Waals surface area contributed by atoms with E-state index in [1.54, 1.807) is 0 Å². The van der Waals surface area contributed by atoms with Gasteiger partial charge in [0.1, 0.15) is 0 Å². The van der Waals surface area contributed by atoms with Crippen molar-refractivity contribution >= 4 is 5.91 Å². The van der Waals surface area contributed by atoms with Crippen LogP contribution in [0.4, 0.5) is 0 Å². The summed E-state index contributed by atoms with van der Waals surface area (Å²) >= 11 is 0. The first kappa shape index (κ1) is 7.56. The Hall–Kier alpha value is -0.830. The van der Waals surface area contributed by atoms with Crippen LogP contribution in [0, 0.1) is 5.41 Å². The summed E-state index contributed by atoms with van der Waals surface area (Å²) in [6, 6.07) is 0.454. The predicted molar refractivity (Wildman–Crippen MR) is 47.1 cm³/mol. The number of nitrogens with zero attached hydrogens (tertiary/aromatic N) is 1. The second-order valence-corrected chi connectivity index (χ2v) is 4.38. The highest BCUT2D eigenvalue weighted by atomic mass is 16.5. The van der Waals surface area contributed by atoms with Gasteiger partial charge in [0.25, 0.3) is 0 Å². The van der Waals surface area contributed by atoms with Gasteiger partial charge in [-0.05, 0) is 13.3 Å². The second kappa shape index (κ2) is 2.15. The summed E-state index contributed by atoms with van der Waals surface area (Å²) in [5.41, 5.74) is -0.282. The van der Waals surface area contributed by atoms with E-state index in [2.05, 4.69) is 13.0 Å². The molecule has 13 heavy (non-hydrogen) atoms. The van der Waals surface area contributed by atoms with Crippen molar-refractivity contribution in [3.8, 4) is 0 Å². The van der Waals surface area contributed by atoms with E-state index in [0.717, 1.165) is 13.0 Å². The minimum atomic E-state index is -0.282. The fourth-order valence-electron chi connectivity index (χ4n) is 2.29. The van der Waals surface area contributed by atoms with Gasteiger partial charge >= 0.3 is 0 Å². The maximum absolute atomic E-state index is 12.0. The van der Waals surface area contributed by atoms with Gasteiger partial charge in [-0.25, -0.2) is 0 Å². The standard InChI is InChI=1S/C10H13NO2/c1-7-5-11(7)9(12)10-3-2-8(4-10)13-6-10/h2-3,7-8H,4-6H2,1H3. The van der Waals surface area contributed by atoms with Crippen molar-refractivity contribution in [3.63, 3.8) is 0 Å². The highest BCUT2D eigenvalue weighted by molar-refractivity contribution is 5.88. The van der Waals surface area contributed by atoms with Crippen LogP contribution in [0.5, 0.6) is 0 Å². The number of amides is 1. The van der Waals surface area contributed by atoms with Gasteiger partial charge in [0.05, 0.1) is 18.1 Å². The molecule has 0 spiro atoms. The minimum Gasteiger partial charge on any atom is -0.373 e. The summed E-state index contributed by atoms with van der Waals surface area (Å²) in [7, 11) is 0. The first-order valence-corrected chi connectivity index (χ1v) is 4.83. The molecule has 2 aliphatic heterocycles. The number of ether oxygens (including phenoxy) is 1. The van der Waals surface area contributed by atoms with E-state index in [1.165, 1.54) is 0 Å². The molecule has 1 aliphatic carbocycles. The maximum atomic E-state index is 12.0.